The third-order valence-corrected chi connectivity index (χ3v) is 1.84. The van der Waals surface area contributed by atoms with Crippen LogP contribution in [0, 0.1) is 6.92 Å². The van der Waals surface area contributed by atoms with Gasteiger partial charge in [-0.1, -0.05) is 0 Å². The van der Waals surface area contributed by atoms with Crippen LogP contribution < -0.4 is 11.1 Å². The minimum absolute atomic E-state index is 0.389. The number of nitrogens with two attached hydrogens (primary N) is 1. The molecule has 0 aliphatic rings. The largest absolute Gasteiger partial charge is 0.382 e. The molecule has 2 rings (SSSR count). The van der Waals surface area contributed by atoms with Crippen molar-refractivity contribution in [1.29, 1.82) is 0 Å². The summed E-state index contributed by atoms with van der Waals surface area (Å²) >= 11 is 0. The molecule has 0 unspecified atom stereocenters. The van der Waals surface area contributed by atoms with Gasteiger partial charge >= 0.3 is 0 Å². The molecule has 0 fully saturated rings. The van der Waals surface area contributed by atoms with E-state index in [1.165, 1.54) is 6.20 Å². The van der Waals surface area contributed by atoms with E-state index in [4.69, 9.17) is 5.73 Å². The van der Waals surface area contributed by atoms with Gasteiger partial charge in [0.2, 0.25) is 0 Å². The Morgan fingerprint density at radius 3 is 2.73 bits per heavy atom. The van der Waals surface area contributed by atoms with Crippen LogP contribution in [0.4, 0.5) is 17.3 Å². The Balaban J connectivity index is 2.18. The molecule has 0 bridgehead atoms. The molecular weight excluding hydrogens is 190 g/mol. The van der Waals surface area contributed by atoms with E-state index in [2.05, 4.69) is 20.3 Å². The summed E-state index contributed by atoms with van der Waals surface area (Å²) in [5, 5.41) is 3.06. The molecule has 2 heterocycles. The highest BCUT2D eigenvalue weighted by Gasteiger charge is 1.97. The smallest absolute Gasteiger partial charge is 0.151 e. The van der Waals surface area contributed by atoms with Crippen LogP contribution in [0.2, 0.25) is 0 Å². The average molecular weight is 201 g/mol. The van der Waals surface area contributed by atoms with E-state index < -0.39 is 0 Å². The number of pyridine rings is 1. The Labute approximate surface area is 87.4 Å². The number of nitrogens with one attached hydrogen (secondary N) is 1. The van der Waals surface area contributed by atoms with Crippen LogP contribution in [-0.2, 0) is 0 Å². The van der Waals surface area contributed by atoms with Gasteiger partial charge < -0.3 is 11.1 Å². The molecule has 0 saturated heterocycles. The molecule has 5 heteroatoms. The summed E-state index contributed by atoms with van der Waals surface area (Å²) in [6, 6.07) is 3.84. The zero-order chi connectivity index (χ0) is 10.7. The first kappa shape index (κ1) is 9.39. The van der Waals surface area contributed by atoms with E-state index in [0.29, 0.717) is 11.6 Å². The fourth-order valence-electron chi connectivity index (χ4n) is 1.13. The summed E-state index contributed by atoms with van der Waals surface area (Å²) in [7, 11) is 0. The van der Waals surface area contributed by atoms with Crippen LogP contribution in [-0.4, -0.2) is 15.0 Å². The zero-order valence-corrected chi connectivity index (χ0v) is 8.31. The van der Waals surface area contributed by atoms with Crippen LogP contribution in [0.25, 0.3) is 0 Å². The average Bonchev–Trinajstić information content (AvgIpc) is 2.22. The lowest BCUT2D eigenvalue weighted by Gasteiger charge is -2.04. The molecule has 0 saturated carbocycles. The molecule has 0 atom stereocenters. The van der Waals surface area contributed by atoms with Crippen molar-refractivity contribution >= 4 is 17.3 Å². The maximum atomic E-state index is 5.51. The third kappa shape index (κ3) is 2.40. The Morgan fingerprint density at radius 1 is 1.20 bits per heavy atom. The minimum atomic E-state index is 0.389. The Bertz CT molecular complexity index is 452. The van der Waals surface area contributed by atoms with Crippen molar-refractivity contribution in [2.24, 2.45) is 0 Å². The van der Waals surface area contributed by atoms with Gasteiger partial charge in [-0.25, -0.2) is 4.98 Å². The van der Waals surface area contributed by atoms with Crippen molar-refractivity contribution < 1.29 is 0 Å². The third-order valence-electron chi connectivity index (χ3n) is 1.84. The number of nitrogens with zero attached hydrogens (tertiary/aromatic N) is 3. The number of anilines is 3. The van der Waals surface area contributed by atoms with Gasteiger partial charge in [-0.3, -0.25) is 9.97 Å². The number of rotatable bonds is 2. The van der Waals surface area contributed by atoms with Gasteiger partial charge in [-0.15, -0.1) is 0 Å². The number of aryl methyl sites for hydroxylation is 1. The highest BCUT2D eigenvalue weighted by molar-refractivity contribution is 5.55. The normalized spacial score (nSPS) is 9.93. The summed E-state index contributed by atoms with van der Waals surface area (Å²) in [6.07, 6.45) is 4.84. The van der Waals surface area contributed by atoms with E-state index in [0.717, 1.165) is 11.4 Å². The molecule has 3 N–H and O–H groups in total. The number of nitrogen functional groups attached to an aromatic ring is 1. The molecule has 0 radical (unpaired) electrons. The minimum Gasteiger partial charge on any atom is -0.382 e. The molecule has 0 aromatic carbocycles. The zero-order valence-electron chi connectivity index (χ0n) is 8.31. The highest BCUT2D eigenvalue weighted by Crippen LogP contribution is 2.12. The molecular formula is C10H11N5. The van der Waals surface area contributed by atoms with Crippen molar-refractivity contribution in [3.05, 3.63) is 36.4 Å². The van der Waals surface area contributed by atoms with E-state index in [1.54, 1.807) is 12.4 Å². The summed E-state index contributed by atoms with van der Waals surface area (Å²) in [4.78, 5) is 12.2. The summed E-state index contributed by atoms with van der Waals surface area (Å²) in [5.74, 6) is 1.00. The molecule has 15 heavy (non-hydrogen) atoms. The molecule has 0 spiro atoms. The first-order chi connectivity index (χ1) is 7.24. The van der Waals surface area contributed by atoms with Crippen molar-refractivity contribution in [2.75, 3.05) is 11.1 Å². The van der Waals surface area contributed by atoms with Gasteiger partial charge in [0.15, 0.2) is 5.82 Å². The molecule has 2 aromatic rings. The summed E-state index contributed by atoms with van der Waals surface area (Å²) in [5.41, 5.74) is 7.34. The highest BCUT2D eigenvalue weighted by atomic mass is 15.0. The van der Waals surface area contributed by atoms with Gasteiger partial charge in [0.1, 0.15) is 5.82 Å². The molecule has 2 aromatic heterocycles. The molecule has 0 aliphatic carbocycles. The molecule has 5 nitrogen and oxygen atoms in total. The topological polar surface area (TPSA) is 76.7 Å². The van der Waals surface area contributed by atoms with Gasteiger partial charge in [0.25, 0.3) is 0 Å². The molecule has 76 valence electrons. The SMILES string of the molecule is Cc1ccc(Nc2cncc(N)n2)cn1. The van der Waals surface area contributed by atoms with Crippen molar-refractivity contribution in [1.82, 2.24) is 15.0 Å². The standard InChI is InChI=1S/C10H11N5/c1-7-2-3-8(4-13-7)14-10-6-12-5-9(11)15-10/h2-6H,1H3,(H3,11,14,15). The number of hydrogen-bond donors (Lipinski definition) is 2. The molecule has 0 amide bonds. The lowest BCUT2D eigenvalue weighted by atomic mass is 10.3. The Hall–Kier alpha value is -2.17. The van der Waals surface area contributed by atoms with Gasteiger partial charge in [-0.2, -0.15) is 0 Å². The van der Waals surface area contributed by atoms with Crippen molar-refractivity contribution in [2.45, 2.75) is 6.92 Å². The predicted octanol–water partition coefficient (Wildman–Crippen LogP) is 1.51. The van der Waals surface area contributed by atoms with Crippen molar-refractivity contribution in [3.63, 3.8) is 0 Å². The van der Waals surface area contributed by atoms with Gasteiger partial charge in [0, 0.05) is 5.69 Å². The monoisotopic (exact) mass is 201 g/mol. The predicted molar refractivity (Wildman–Crippen MR) is 58.7 cm³/mol. The lowest BCUT2D eigenvalue weighted by Crippen LogP contribution is -1.98. The number of aromatic nitrogens is 3. The van der Waals surface area contributed by atoms with E-state index in [1.807, 2.05) is 19.1 Å². The van der Waals surface area contributed by atoms with Crippen LogP contribution in [0.15, 0.2) is 30.7 Å². The van der Waals surface area contributed by atoms with E-state index in [9.17, 15) is 0 Å². The fraction of sp³-hybridized carbons (Fsp3) is 0.100. The second-order valence-corrected chi connectivity index (χ2v) is 3.14. The fourth-order valence-corrected chi connectivity index (χ4v) is 1.13. The second-order valence-electron chi connectivity index (χ2n) is 3.14. The van der Waals surface area contributed by atoms with Crippen molar-refractivity contribution in [3.8, 4) is 0 Å². The van der Waals surface area contributed by atoms with Gasteiger partial charge in [0.05, 0.1) is 24.3 Å². The van der Waals surface area contributed by atoms with Gasteiger partial charge in [-0.05, 0) is 19.1 Å². The summed E-state index contributed by atoms with van der Waals surface area (Å²) < 4.78 is 0. The van der Waals surface area contributed by atoms with Crippen LogP contribution in [0.1, 0.15) is 5.69 Å². The molecule has 0 aliphatic heterocycles. The van der Waals surface area contributed by atoms with Crippen LogP contribution in [0.5, 0.6) is 0 Å². The van der Waals surface area contributed by atoms with Crippen LogP contribution >= 0.6 is 0 Å². The maximum absolute atomic E-state index is 5.51. The van der Waals surface area contributed by atoms with E-state index in [-0.39, 0.29) is 0 Å². The number of hydrogen-bond acceptors (Lipinski definition) is 5. The Kier molecular flexibility index (Phi) is 2.45. The summed E-state index contributed by atoms with van der Waals surface area (Å²) in [6.45, 7) is 1.93. The van der Waals surface area contributed by atoms with Crippen LogP contribution in [0.3, 0.4) is 0 Å². The maximum Gasteiger partial charge on any atom is 0.151 e. The second kappa shape index (κ2) is 3.91. The Morgan fingerprint density at radius 2 is 2.07 bits per heavy atom. The van der Waals surface area contributed by atoms with E-state index >= 15 is 0 Å². The first-order valence-corrected chi connectivity index (χ1v) is 4.51. The first-order valence-electron chi connectivity index (χ1n) is 4.51. The quantitative estimate of drug-likeness (QED) is 0.770. The lowest BCUT2D eigenvalue weighted by molar-refractivity contribution is 1.18.